The van der Waals surface area contributed by atoms with Gasteiger partial charge >= 0.3 is 0 Å². The third kappa shape index (κ3) is 3.44. The van der Waals surface area contributed by atoms with Gasteiger partial charge in [-0.05, 0) is 55.2 Å². The molecule has 0 saturated carbocycles. The van der Waals surface area contributed by atoms with Gasteiger partial charge in [-0.1, -0.05) is 43.7 Å². The molecule has 148 valence electrons. The molecule has 0 aliphatic heterocycles. The number of hydrogen-bond donors (Lipinski definition) is 0. The van der Waals surface area contributed by atoms with Gasteiger partial charge in [0.15, 0.2) is 0 Å². The van der Waals surface area contributed by atoms with Crippen LogP contribution in [0, 0.1) is 6.92 Å². The van der Waals surface area contributed by atoms with Gasteiger partial charge < -0.3 is 0 Å². The van der Waals surface area contributed by atoms with Crippen molar-refractivity contribution in [2.24, 2.45) is 0 Å². The van der Waals surface area contributed by atoms with Crippen molar-refractivity contribution in [2.45, 2.75) is 63.2 Å². The van der Waals surface area contributed by atoms with Crippen LogP contribution in [-0.2, 0) is 18.6 Å². The molecule has 1 aliphatic carbocycles. The Morgan fingerprint density at radius 3 is 2.55 bits per heavy atom. The monoisotopic (exact) mass is 419 g/mol. The van der Waals surface area contributed by atoms with Gasteiger partial charge in [0.1, 0.15) is 16.2 Å². The summed E-state index contributed by atoms with van der Waals surface area (Å²) in [6, 6.07) is 8.76. The Morgan fingerprint density at radius 2 is 1.79 bits per heavy atom. The average molecular weight is 420 g/mol. The Balaban J connectivity index is 1.62. The van der Waals surface area contributed by atoms with E-state index < -0.39 is 0 Å². The van der Waals surface area contributed by atoms with E-state index in [1.807, 2.05) is 0 Å². The Labute approximate surface area is 180 Å². The van der Waals surface area contributed by atoms with Crippen LogP contribution in [0.5, 0.6) is 0 Å². The molecule has 4 aromatic rings. The molecule has 0 unspecified atom stereocenters. The van der Waals surface area contributed by atoms with Crippen LogP contribution in [0.3, 0.4) is 0 Å². The van der Waals surface area contributed by atoms with E-state index in [1.54, 1.807) is 29.4 Å². The first-order chi connectivity index (χ1) is 14.1. The number of benzene rings is 1. The second-order valence-corrected chi connectivity index (χ2v) is 10.2. The molecule has 3 aromatic heterocycles. The zero-order valence-electron chi connectivity index (χ0n) is 17.2. The van der Waals surface area contributed by atoms with E-state index in [2.05, 4.69) is 50.0 Å². The van der Waals surface area contributed by atoms with Gasteiger partial charge in [-0.15, -0.1) is 23.1 Å². The quantitative estimate of drug-likeness (QED) is 0.268. The minimum atomic E-state index is 0.456. The highest BCUT2D eigenvalue weighted by Crippen LogP contribution is 2.42. The summed E-state index contributed by atoms with van der Waals surface area (Å²) in [5.74, 6) is 1.38. The Bertz CT molecular complexity index is 1190. The number of aryl methyl sites for hydroxylation is 2. The number of nitrogens with zero attached hydrogens (tertiary/aromatic N) is 3. The summed E-state index contributed by atoms with van der Waals surface area (Å²) in [5.41, 5.74) is 8.01. The third-order valence-electron chi connectivity index (χ3n) is 5.76. The molecule has 0 amide bonds. The molecule has 0 saturated heterocycles. The van der Waals surface area contributed by atoms with Crippen molar-refractivity contribution in [2.75, 3.05) is 0 Å². The first-order valence-electron chi connectivity index (χ1n) is 10.4. The van der Waals surface area contributed by atoms with Crippen molar-refractivity contribution in [1.29, 1.82) is 0 Å². The second-order valence-electron chi connectivity index (χ2n) is 8.23. The van der Waals surface area contributed by atoms with E-state index in [0.717, 1.165) is 34.0 Å². The van der Waals surface area contributed by atoms with Gasteiger partial charge in [0.2, 0.25) is 0 Å². The number of aromatic nitrogens is 3. The predicted octanol–water partition coefficient (Wildman–Crippen LogP) is 6.84. The zero-order valence-corrected chi connectivity index (χ0v) is 18.8. The maximum Gasteiger partial charge on any atom is 0.126 e. The van der Waals surface area contributed by atoms with Gasteiger partial charge in [-0.2, -0.15) is 0 Å². The lowest BCUT2D eigenvalue weighted by Crippen LogP contribution is -2.10. The number of thioether (sulfide) groups is 1. The summed E-state index contributed by atoms with van der Waals surface area (Å²) in [6.45, 7) is 6.65. The van der Waals surface area contributed by atoms with Crippen LogP contribution in [0.4, 0.5) is 0 Å². The molecule has 3 nitrogen and oxygen atoms in total. The maximum atomic E-state index is 5.14. The van der Waals surface area contributed by atoms with Gasteiger partial charge in [0, 0.05) is 16.8 Å². The number of fused-ring (bicyclic) bond motifs is 5. The standard InChI is InChI=1S/C24H25N3S2/c1-14(2)20-18-7-5-4-6-17(18)19-21-22(29-23(19)27-20)24(26-13-25-21)28-12-16-10-8-15(3)9-11-16/h8-11,13-14H,4-7,12H2,1-3H3. The van der Waals surface area contributed by atoms with Crippen molar-refractivity contribution >= 4 is 43.5 Å². The van der Waals surface area contributed by atoms with Crippen molar-refractivity contribution in [3.63, 3.8) is 0 Å². The summed E-state index contributed by atoms with van der Waals surface area (Å²) in [6.07, 6.45) is 6.58. The SMILES string of the molecule is Cc1ccc(CSc2ncnc3c2sc2nc(C(C)C)c4c(c23)CCCC4)cc1. The van der Waals surface area contributed by atoms with Gasteiger partial charge in [-0.3, -0.25) is 0 Å². The topological polar surface area (TPSA) is 38.7 Å². The Kier molecular flexibility index (Phi) is 5.04. The molecule has 0 bridgehead atoms. The van der Waals surface area contributed by atoms with Crippen molar-refractivity contribution in [3.05, 3.63) is 58.5 Å². The summed E-state index contributed by atoms with van der Waals surface area (Å²) >= 11 is 3.58. The number of pyridine rings is 1. The molecule has 3 heterocycles. The third-order valence-corrected chi connectivity index (χ3v) is 8.03. The predicted molar refractivity (Wildman–Crippen MR) is 124 cm³/mol. The van der Waals surface area contributed by atoms with Crippen LogP contribution in [0.1, 0.15) is 60.6 Å². The van der Waals surface area contributed by atoms with Crippen LogP contribution in [0.15, 0.2) is 35.6 Å². The van der Waals surface area contributed by atoms with Gasteiger partial charge in [0.05, 0.1) is 10.2 Å². The number of rotatable bonds is 4. The number of hydrogen-bond acceptors (Lipinski definition) is 5. The van der Waals surface area contributed by atoms with Crippen LogP contribution in [0.2, 0.25) is 0 Å². The molecule has 0 N–H and O–H groups in total. The van der Waals surface area contributed by atoms with E-state index in [0.29, 0.717) is 5.92 Å². The second kappa shape index (κ2) is 7.69. The Morgan fingerprint density at radius 1 is 1.03 bits per heavy atom. The lowest BCUT2D eigenvalue weighted by Gasteiger charge is -2.21. The van der Waals surface area contributed by atoms with E-state index in [4.69, 9.17) is 9.97 Å². The van der Waals surface area contributed by atoms with Crippen LogP contribution < -0.4 is 0 Å². The molecule has 0 atom stereocenters. The average Bonchev–Trinajstić information content (AvgIpc) is 3.12. The molecule has 1 aliphatic rings. The van der Waals surface area contributed by atoms with E-state index in [1.165, 1.54) is 50.9 Å². The van der Waals surface area contributed by atoms with Crippen molar-refractivity contribution in [3.8, 4) is 0 Å². The lowest BCUT2D eigenvalue weighted by atomic mass is 9.86. The minimum absolute atomic E-state index is 0.456. The summed E-state index contributed by atoms with van der Waals surface area (Å²) in [7, 11) is 0. The molecule has 0 fully saturated rings. The molecule has 29 heavy (non-hydrogen) atoms. The van der Waals surface area contributed by atoms with Gasteiger partial charge in [0.25, 0.3) is 0 Å². The highest BCUT2D eigenvalue weighted by Gasteiger charge is 2.24. The maximum absolute atomic E-state index is 5.14. The molecule has 5 heteroatoms. The Hall–Kier alpha value is -1.98. The van der Waals surface area contributed by atoms with E-state index >= 15 is 0 Å². The summed E-state index contributed by atoms with van der Waals surface area (Å²) in [4.78, 5) is 15.6. The highest BCUT2D eigenvalue weighted by atomic mass is 32.2. The zero-order chi connectivity index (χ0) is 20.0. The molecule has 0 spiro atoms. The molecule has 0 radical (unpaired) electrons. The van der Waals surface area contributed by atoms with Gasteiger partial charge in [-0.25, -0.2) is 15.0 Å². The first-order valence-corrected chi connectivity index (χ1v) is 12.2. The normalized spacial score (nSPS) is 14.1. The minimum Gasteiger partial charge on any atom is -0.241 e. The van der Waals surface area contributed by atoms with E-state index in [9.17, 15) is 0 Å². The molecule has 1 aromatic carbocycles. The van der Waals surface area contributed by atoms with Crippen molar-refractivity contribution in [1.82, 2.24) is 15.0 Å². The molecular formula is C24H25N3S2. The molecule has 5 rings (SSSR count). The van der Waals surface area contributed by atoms with Crippen LogP contribution in [-0.4, -0.2) is 15.0 Å². The first kappa shape index (κ1) is 19.0. The van der Waals surface area contributed by atoms with E-state index in [-0.39, 0.29) is 0 Å². The fourth-order valence-electron chi connectivity index (χ4n) is 4.28. The van der Waals surface area contributed by atoms with Crippen LogP contribution >= 0.6 is 23.1 Å². The fourth-order valence-corrected chi connectivity index (χ4v) is 6.48. The summed E-state index contributed by atoms with van der Waals surface area (Å²) < 4.78 is 1.20. The summed E-state index contributed by atoms with van der Waals surface area (Å²) in [5, 5.41) is 2.37. The highest BCUT2D eigenvalue weighted by molar-refractivity contribution is 7.98. The molecular weight excluding hydrogens is 394 g/mol. The largest absolute Gasteiger partial charge is 0.241 e. The van der Waals surface area contributed by atoms with Crippen LogP contribution in [0.25, 0.3) is 20.4 Å². The smallest absolute Gasteiger partial charge is 0.126 e. The van der Waals surface area contributed by atoms with Crippen molar-refractivity contribution < 1.29 is 0 Å². The number of thiophene rings is 1. The fraction of sp³-hybridized carbons (Fsp3) is 0.375. The lowest BCUT2D eigenvalue weighted by molar-refractivity contribution is 0.667.